The Morgan fingerprint density at radius 3 is 2.39 bits per heavy atom. The molecule has 1 fully saturated rings. The largest absolute Gasteiger partial charge is 0.481 e. The van der Waals surface area contributed by atoms with Crippen molar-refractivity contribution in [3.05, 3.63) is 114 Å². The SMILES string of the molecule is Cc1noc(C2(C3(C(=O)O)CC3)C=CC(c3ccccc3)=CC2)c1Nc1cccc(-c2cccc(C(F)(F)F)c2)n1. The number of halogens is 3. The van der Waals surface area contributed by atoms with Crippen LogP contribution in [0.3, 0.4) is 0 Å². The summed E-state index contributed by atoms with van der Waals surface area (Å²) in [6, 6.07) is 19.9. The van der Waals surface area contributed by atoms with Crippen molar-refractivity contribution in [2.75, 3.05) is 5.32 Å². The molecule has 6 rings (SSSR count). The van der Waals surface area contributed by atoms with Crippen molar-refractivity contribution < 1.29 is 27.6 Å². The summed E-state index contributed by atoms with van der Waals surface area (Å²) in [6.45, 7) is 1.75. The summed E-state index contributed by atoms with van der Waals surface area (Å²) in [6.07, 6.45) is 2.80. The minimum absolute atomic E-state index is 0.318. The van der Waals surface area contributed by atoms with E-state index >= 15 is 0 Å². The molecule has 0 radical (unpaired) electrons. The standard InChI is InChI=1S/C32H26F3N3O3/c1-20-27(37-26-12-6-11-25(36-26)23-9-5-10-24(19-23)32(33,34)35)28(41-38-20)30(31(17-18-31)29(39)40)15-13-22(14-16-30)21-7-3-2-4-8-21/h2-15,19H,16-18H2,1H3,(H,36,37)(H,39,40). The molecule has 0 amide bonds. The minimum Gasteiger partial charge on any atom is -0.481 e. The lowest BCUT2D eigenvalue weighted by atomic mass is 9.65. The van der Waals surface area contributed by atoms with Crippen molar-refractivity contribution >= 4 is 23.0 Å². The van der Waals surface area contributed by atoms with Crippen molar-refractivity contribution in [1.29, 1.82) is 0 Å². The average Bonchev–Trinajstić information content (AvgIpc) is 3.73. The highest BCUT2D eigenvalue weighted by Crippen LogP contribution is 2.64. The van der Waals surface area contributed by atoms with E-state index in [1.54, 1.807) is 31.2 Å². The lowest BCUT2D eigenvalue weighted by Gasteiger charge is -2.36. The van der Waals surface area contributed by atoms with E-state index in [0.29, 0.717) is 53.5 Å². The van der Waals surface area contributed by atoms with Crippen LogP contribution in [0.2, 0.25) is 0 Å². The number of carbonyl (C=O) groups is 1. The van der Waals surface area contributed by atoms with Crippen molar-refractivity contribution in [3.63, 3.8) is 0 Å². The summed E-state index contributed by atoms with van der Waals surface area (Å²) >= 11 is 0. The summed E-state index contributed by atoms with van der Waals surface area (Å²) in [5.41, 5.74) is 0.874. The number of nitrogens with zero attached hydrogens (tertiary/aromatic N) is 2. The van der Waals surface area contributed by atoms with Crippen LogP contribution in [-0.2, 0) is 16.4 Å². The van der Waals surface area contributed by atoms with E-state index in [1.807, 2.05) is 48.6 Å². The van der Waals surface area contributed by atoms with Gasteiger partial charge in [0.2, 0.25) is 0 Å². The maximum Gasteiger partial charge on any atom is 0.416 e. The molecular weight excluding hydrogens is 531 g/mol. The molecule has 0 spiro atoms. The van der Waals surface area contributed by atoms with Gasteiger partial charge in [0.15, 0.2) is 5.76 Å². The van der Waals surface area contributed by atoms with Gasteiger partial charge in [0, 0.05) is 5.56 Å². The second kappa shape index (κ2) is 9.76. The van der Waals surface area contributed by atoms with E-state index in [4.69, 9.17) is 4.52 Å². The molecule has 2 aliphatic carbocycles. The Balaban J connectivity index is 1.38. The first-order valence-electron chi connectivity index (χ1n) is 13.2. The second-order valence-electron chi connectivity index (χ2n) is 10.5. The van der Waals surface area contributed by atoms with Gasteiger partial charge in [0.05, 0.1) is 22.1 Å². The summed E-state index contributed by atoms with van der Waals surface area (Å²) < 4.78 is 45.8. The molecule has 0 aliphatic heterocycles. The summed E-state index contributed by atoms with van der Waals surface area (Å²) in [5, 5.41) is 17.8. The molecule has 1 unspecified atom stereocenters. The molecule has 208 valence electrons. The number of carboxylic acid groups (broad SMARTS) is 1. The predicted molar refractivity (Wildman–Crippen MR) is 148 cm³/mol. The number of aromatic nitrogens is 2. The van der Waals surface area contributed by atoms with E-state index in [-0.39, 0.29) is 0 Å². The molecule has 2 aromatic carbocycles. The average molecular weight is 558 g/mol. The van der Waals surface area contributed by atoms with Gasteiger partial charge in [-0.15, -0.1) is 0 Å². The lowest BCUT2D eigenvalue weighted by Crippen LogP contribution is -2.41. The quantitative estimate of drug-likeness (QED) is 0.240. The fourth-order valence-electron chi connectivity index (χ4n) is 5.67. The molecule has 2 aromatic heterocycles. The van der Waals surface area contributed by atoms with Gasteiger partial charge in [-0.25, -0.2) is 4.98 Å². The van der Waals surface area contributed by atoms with E-state index in [0.717, 1.165) is 23.3 Å². The van der Waals surface area contributed by atoms with Gasteiger partial charge in [0.25, 0.3) is 0 Å². The highest BCUT2D eigenvalue weighted by atomic mass is 19.4. The highest BCUT2D eigenvalue weighted by Gasteiger charge is 2.66. The maximum atomic E-state index is 13.3. The van der Waals surface area contributed by atoms with Crippen molar-refractivity contribution in [1.82, 2.24) is 10.1 Å². The van der Waals surface area contributed by atoms with Gasteiger partial charge < -0.3 is 14.9 Å². The van der Waals surface area contributed by atoms with E-state index in [2.05, 4.69) is 15.5 Å². The second-order valence-corrected chi connectivity index (χ2v) is 10.5. The van der Waals surface area contributed by atoms with Gasteiger partial charge in [-0.1, -0.05) is 71.9 Å². The number of rotatable bonds is 7. The number of benzene rings is 2. The van der Waals surface area contributed by atoms with Crippen LogP contribution in [0.4, 0.5) is 24.7 Å². The molecule has 9 heteroatoms. The Morgan fingerprint density at radius 1 is 1.00 bits per heavy atom. The highest BCUT2D eigenvalue weighted by molar-refractivity contribution is 5.85. The molecule has 0 bridgehead atoms. The fraction of sp³-hybridized carbons (Fsp3) is 0.219. The number of anilines is 2. The number of carboxylic acids is 1. The van der Waals surface area contributed by atoms with Gasteiger partial charge in [0.1, 0.15) is 17.2 Å². The van der Waals surface area contributed by atoms with Gasteiger partial charge >= 0.3 is 12.1 Å². The number of hydrogen-bond donors (Lipinski definition) is 2. The molecule has 2 heterocycles. The van der Waals surface area contributed by atoms with Crippen LogP contribution in [0, 0.1) is 12.3 Å². The van der Waals surface area contributed by atoms with Crippen LogP contribution < -0.4 is 5.32 Å². The van der Waals surface area contributed by atoms with Gasteiger partial charge in [-0.2, -0.15) is 13.2 Å². The Kier molecular flexibility index (Phi) is 6.32. The first-order valence-corrected chi connectivity index (χ1v) is 13.2. The third-order valence-electron chi connectivity index (χ3n) is 8.07. The summed E-state index contributed by atoms with van der Waals surface area (Å²) in [5.74, 6) is -0.146. The van der Waals surface area contributed by atoms with E-state index < -0.39 is 28.5 Å². The molecule has 2 N–H and O–H groups in total. The normalized spacial score (nSPS) is 19.5. The first kappa shape index (κ1) is 26.6. The number of allylic oxidation sites excluding steroid dienone is 4. The third kappa shape index (κ3) is 4.61. The molecular formula is C32H26F3N3O3. The Morgan fingerprint density at radius 2 is 1.73 bits per heavy atom. The number of aryl methyl sites for hydroxylation is 1. The smallest absolute Gasteiger partial charge is 0.416 e. The van der Waals surface area contributed by atoms with Crippen LogP contribution in [0.1, 0.15) is 41.8 Å². The summed E-state index contributed by atoms with van der Waals surface area (Å²) in [4.78, 5) is 17.2. The van der Waals surface area contributed by atoms with Crippen molar-refractivity contribution in [2.45, 2.75) is 37.8 Å². The summed E-state index contributed by atoms with van der Waals surface area (Å²) in [7, 11) is 0. The van der Waals surface area contributed by atoms with Crippen LogP contribution in [0.5, 0.6) is 0 Å². The Hall–Kier alpha value is -4.66. The topological polar surface area (TPSA) is 88.2 Å². The first-order chi connectivity index (χ1) is 19.6. The number of aliphatic carboxylic acids is 1. The van der Waals surface area contributed by atoms with Crippen LogP contribution in [-0.4, -0.2) is 21.2 Å². The predicted octanol–water partition coefficient (Wildman–Crippen LogP) is 7.95. The van der Waals surface area contributed by atoms with Crippen molar-refractivity contribution in [2.24, 2.45) is 5.41 Å². The van der Waals surface area contributed by atoms with Crippen LogP contribution >= 0.6 is 0 Å². The zero-order valence-electron chi connectivity index (χ0n) is 22.1. The number of hydrogen-bond acceptors (Lipinski definition) is 5. The Labute approximate surface area is 234 Å². The molecule has 2 aliphatic rings. The Bertz CT molecular complexity index is 1690. The van der Waals surface area contributed by atoms with E-state index in [1.165, 1.54) is 6.07 Å². The number of pyridine rings is 1. The monoisotopic (exact) mass is 557 g/mol. The molecule has 41 heavy (non-hydrogen) atoms. The number of nitrogens with one attached hydrogen (secondary N) is 1. The zero-order valence-corrected chi connectivity index (χ0v) is 22.1. The third-order valence-corrected chi connectivity index (χ3v) is 8.07. The van der Waals surface area contributed by atoms with Gasteiger partial charge in [-0.3, -0.25) is 4.79 Å². The fourth-order valence-corrected chi connectivity index (χ4v) is 5.67. The number of alkyl halides is 3. The van der Waals surface area contributed by atoms with Crippen LogP contribution in [0.15, 0.2) is 95.5 Å². The minimum atomic E-state index is -4.47. The molecule has 4 aromatic rings. The molecule has 1 saturated carbocycles. The lowest BCUT2D eigenvalue weighted by molar-refractivity contribution is -0.146. The van der Waals surface area contributed by atoms with Crippen molar-refractivity contribution in [3.8, 4) is 11.3 Å². The van der Waals surface area contributed by atoms with Crippen LogP contribution in [0.25, 0.3) is 16.8 Å². The van der Waals surface area contributed by atoms with E-state index in [9.17, 15) is 23.1 Å². The maximum absolute atomic E-state index is 13.3. The molecule has 1 atom stereocenters. The molecule has 6 nitrogen and oxygen atoms in total. The zero-order chi connectivity index (χ0) is 28.8. The van der Waals surface area contributed by atoms with Gasteiger partial charge in [-0.05, 0) is 61.6 Å². The molecule has 0 saturated heterocycles.